The first-order valence-electron chi connectivity index (χ1n) is 6.55. The van der Waals surface area contributed by atoms with E-state index >= 15 is 0 Å². The number of rotatable bonds is 3. The SMILES string of the molecule is Cc1nc(Br)cc(Oc2ccc(-c3ccccc3)cc2)n1. The molecule has 3 aromatic rings. The van der Waals surface area contributed by atoms with Crippen LogP contribution in [0.3, 0.4) is 0 Å². The van der Waals surface area contributed by atoms with Crippen molar-refractivity contribution in [2.45, 2.75) is 6.92 Å². The summed E-state index contributed by atoms with van der Waals surface area (Å²) in [6, 6.07) is 19.9. The first-order valence-corrected chi connectivity index (χ1v) is 7.34. The lowest BCUT2D eigenvalue weighted by molar-refractivity contribution is 0.459. The Bertz CT molecular complexity index is 722. The van der Waals surface area contributed by atoms with Crippen molar-refractivity contribution in [2.75, 3.05) is 0 Å². The Labute approximate surface area is 131 Å². The number of aromatic nitrogens is 2. The maximum Gasteiger partial charge on any atom is 0.223 e. The molecule has 0 spiro atoms. The second-order valence-electron chi connectivity index (χ2n) is 4.57. The zero-order valence-electron chi connectivity index (χ0n) is 11.5. The summed E-state index contributed by atoms with van der Waals surface area (Å²) in [7, 11) is 0. The molecule has 3 nitrogen and oxygen atoms in total. The summed E-state index contributed by atoms with van der Waals surface area (Å²) in [4.78, 5) is 8.40. The molecule has 0 N–H and O–H groups in total. The Hall–Kier alpha value is -2.20. The molecule has 0 unspecified atom stereocenters. The van der Waals surface area contributed by atoms with E-state index in [-0.39, 0.29) is 0 Å². The minimum absolute atomic E-state index is 0.529. The fourth-order valence-electron chi connectivity index (χ4n) is 2.02. The van der Waals surface area contributed by atoms with Crippen LogP contribution in [0.1, 0.15) is 5.82 Å². The van der Waals surface area contributed by atoms with E-state index in [1.165, 1.54) is 5.56 Å². The largest absolute Gasteiger partial charge is 0.439 e. The Morgan fingerprint density at radius 2 is 1.52 bits per heavy atom. The predicted molar refractivity (Wildman–Crippen MR) is 86.4 cm³/mol. The molecule has 0 radical (unpaired) electrons. The molecule has 21 heavy (non-hydrogen) atoms. The number of ether oxygens (including phenoxy) is 1. The average molecular weight is 341 g/mol. The third-order valence-corrected chi connectivity index (χ3v) is 3.37. The van der Waals surface area contributed by atoms with Gasteiger partial charge in [0.15, 0.2) is 0 Å². The van der Waals surface area contributed by atoms with E-state index < -0.39 is 0 Å². The highest BCUT2D eigenvalue weighted by atomic mass is 79.9. The molecule has 2 aromatic carbocycles. The fraction of sp³-hybridized carbons (Fsp3) is 0.0588. The third kappa shape index (κ3) is 3.47. The molecule has 3 rings (SSSR count). The second kappa shape index (κ2) is 6.06. The average Bonchev–Trinajstić information content (AvgIpc) is 2.48. The van der Waals surface area contributed by atoms with Crippen LogP contribution in [0.4, 0.5) is 0 Å². The van der Waals surface area contributed by atoms with Gasteiger partial charge in [-0.1, -0.05) is 42.5 Å². The van der Waals surface area contributed by atoms with Gasteiger partial charge in [-0.25, -0.2) is 4.98 Å². The predicted octanol–water partition coefficient (Wildman–Crippen LogP) is 5.01. The van der Waals surface area contributed by atoms with Crippen LogP contribution in [0.5, 0.6) is 11.6 Å². The number of hydrogen-bond acceptors (Lipinski definition) is 3. The van der Waals surface area contributed by atoms with Crippen LogP contribution in [-0.2, 0) is 0 Å². The van der Waals surface area contributed by atoms with E-state index in [1.807, 2.05) is 49.4 Å². The first kappa shape index (κ1) is 13.8. The molecule has 0 aliphatic heterocycles. The van der Waals surface area contributed by atoms with Gasteiger partial charge in [0.25, 0.3) is 0 Å². The summed E-state index contributed by atoms with van der Waals surface area (Å²) < 4.78 is 6.46. The number of benzene rings is 2. The first-order chi connectivity index (χ1) is 10.2. The summed E-state index contributed by atoms with van der Waals surface area (Å²) in [5.74, 6) is 1.95. The van der Waals surface area contributed by atoms with Gasteiger partial charge >= 0.3 is 0 Å². The van der Waals surface area contributed by atoms with Crippen molar-refractivity contribution in [1.29, 1.82) is 0 Å². The standard InChI is InChI=1S/C17H13BrN2O/c1-12-19-16(18)11-17(20-12)21-15-9-7-14(8-10-15)13-5-3-2-4-6-13/h2-11H,1H3. The molecular formula is C17H13BrN2O. The normalized spacial score (nSPS) is 10.4. The van der Waals surface area contributed by atoms with Gasteiger partial charge in [-0.2, -0.15) is 4.98 Å². The van der Waals surface area contributed by atoms with Crippen molar-refractivity contribution in [3.8, 4) is 22.8 Å². The van der Waals surface area contributed by atoms with Crippen LogP contribution >= 0.6 is 15.9 Å². The van der Waals surface area contributed by atoms with E-state index in [0.717, 1.165) is 11.3 Å². The summed E-state index contributed by atoms with van der Waals surface area (Å²) in [6.07, 6.45) is 0. The van der Waals surface area contributed by atoms with E-state index in [1.54, 1.807) is 6.07 Å². The fourth-order valence-corrected chi connectivity index (χ4v) is 2.48. The van der Waals surface area contributed by atoms with Gasteiger partial charge in [0.2, 0.25) is 5.88 Å². The molecule has 0 bridgehead atoms. The monoisotopic (exact) mass is 340 g/mol. The molecule has 0 atom stereocenters. The Morgan fingerprint density at radius 1 is 0.857 bits per heavy atom. The van der Waals surface area contributed by atoms with Crippen LogP contribution < -0.4 is 4.74 Å². The molecule has 0 fully saturated rings. The van der Waals surface area contributed by atoms with Crippen LogP contribution in [-0.4, -0.2) is 9.97 Å². The second-order valence-corrected chi connectivity index (χ2v) is 5.38. The van der Waals surface area contributed by atoms with Gasteiger partial charge in [-0.05, 0) is 46.1 Å². The minimum atomic E-state index is 0.529. The van der Waals surface area contributed by atoms with E-state index in [4.69, 9.17) is 4.74 Å². The number of aryl methyl sites for hydroxylation is 1. The van der Waals surface area contributed by atoms with E-state index in [9.17, 15) is 0 Å². The van der Waals surface area contributed by atoms with Gasteiger partial charge in [0.05, 0.1) is 0 Å². The smallest absolute Gasteiger partial charge is 0.223 e. The lowest BCUT2D eigenvalue weighted by Gasteiger charge is -2.07. The minimum Gasteiger partial charge on any atom is -0.439 e. The number of halogens is 1. The van der Waals surface area contributed by atoms with Crippen molar-refractivity contribution in [1.82, 2.24) is 9.97 Å². The summed E-state index contributed by atoms with van der Waals surface area (Å²) in [5, 5.41) is 0. The lowest BCUT2D eigenvalue weighted by Crippen LogP contribution is -1.93. The Balaban J connectivity index is 1.81. The summed E-state index contributed by atoms with van der Waals surface area (Å²) >= 11 is 3.34. The molecule has 0 saturated carbocycles. The van der Waals surface area contributed by atoms with E-state index in [2.05, 4.69) is 38.0 Å². The van der Waals surface area contributed by atoms with Gasteiger partial charge in [0.1, 0.15) is 16.2 Å². The summed E-state index contributed by atoms with van der Waals surface area (Å²) in [5.41, 5.74) is 2.34. The highest BCUT2D eigenvalue weighted by Crippen LogP contribution is 2.25. The molecule has 0 aliphatic rings. The van der Waals surface area contributed by atoms with Crippen molar-refractivity contribution in [3.63, 3.8) is 0 Å². The van der Waals surface area contributed by atoms with Crippen molar-refractivity contribution < 1.29 is 4.74 Å². The maximum atomic E-state index is 5.75. The highest BCUT2D eigenvalue weighted by Gasteiger charge is 2.03. The van der Waals surface area contributed by atoms with Crippen LogP contribution in [0, 0.1) is 6.92 Å². The summed E-state index contributed by atoms with van der Waals surface area (Å²) in [6.45, 7) is 1.83. The zero-order valence-corrected chi connectivity index (χ0v) is 13.0. The molecule has 1 aromatic heterocycles. The molecule has 4 heteroatoms. The highest BCUT2D eigenvalue weighted by molar-refractivity contribution is 9.10. The van der Waals surface area contributed by atoms with Crippen molar-refractivity contribution in [2.24, 2.45) is 0 Å². The topological polar surface area (TPSA) is 35.0 Å². The number of nitrogens with zero attached hydrogens (tertiary/aromatic N) is 2. The van der Waals surface area contributed by atoms with Gasteiger partial charge in [-0.3, -0.25) is 0 Å². The molecular weight excluding hydrogens is 328 g/mol. The quantitative estimate of drug-likeness (QED) is 0.629. The zero-order chi connectivity index (χ0) is 14.7. The Morgan fingerprint density at radius 3 is 2.19 bits per heavy atom. The van der Waals surface area contributed by atoms with Crippen LogP contribution in [0.15, 0.2) is 65.3 Å². The molecule has 0 amide bonds. The maximum absolute atomic E-state index is 5.75. The van der Waals surface area contributed by atoms with Gasteiger partial charge < -0.3 is 4.74 Å². The third-order valence-electron chi connectivity index (χ3n) is 2.97. The molecule has 104 valence electrons. The van der Waals surface area contributed by atoms with Crippen LogP contribution in [0.25, 0.3) is 11.1 Å². The van der Waals surface area contributed by atoms with Gasteiger partial charge in [-0.15, -0.1) is 0 Å². The Kier molecular flexibility index (Phi) is 3.97. The molecule has 1 heterocycles. The van der Waals surface area contributed by atoms with E-state index in [0.29, 0.717) is 16.3 Å². The lowest BCUT2D eigenvalue weighted by atomic mass is 10.1. The molecule has 0 aliphatic carbocycles. The number of hydrogen-bond donors (Lipinski definition) is 0. The molecule has 0 saturated heterocycles. The van der Waals surface area contributed by atoms with Crippen molar-refractivity contribution >= 4 is 15.9 Å². The van der Waals surface area contributed by atoms with Crippen LogP contribution in [0.2, 0.25) is 0 Å². The van der Waals surface area contributed by atoms with Crippen molar-refractivity contribution in [3.05, 3.63) is 71.1 Å². The van der Waals surface area contributed by atoms with Gasteiger partial charge in [0, 0.05) is 6.07 Å².